The van der Waals surface area contributed by atoms with E-state index in [1.807, 2.05) is 17.8 Å². The number of hydrogen-bond acceptors (Lipinski definition) is 2. The Balaban J connectivity index is 0.00000128. The minimum atomic E-state index is 0. The molecule has 5 heteroatoms. The second kappa shape index (κ2) is 5.77. The molecule has 1 aromatic carbocycles. The van der Waals surface area contributed by atoms with Crippen LogP contribution in [0.15, 0.2) is 40.2 Å². The van der Waals surface area contributed by atoms with Gasteiger partial charge in [0.05, 0.1) is 6.54 Å². The standard InChI is InChI=1S/C11H15N3S.HI/c12-10(13)14-8-11(6-7-11)15-9-4-2-1-3-5-9;/h1-5H,6-8H2,(H4,12,13,14);1H. The van der Waals surface area contributed by atoms with Crippen LogP contribution in [0.4, 0.5) is 0 Å². The fourth-order valence-electron chi connectivity index (χ4n) is 1.41. The number of nitrogens with zero attached hydrogens (tertiary/aromatic N) is 1. The van der Waals surface area contributed by atoms with Gasteiger partial charge in [0.2, 0.25) is 0 Å². The van der Waals surface area contributed by atoms with Crippen molar-refractivity contribution in [1.29, 1.82) is 0 Å². The Morgan fingerprint density at radius 2 is 1.88 bits per heavy atom. The zero-order valence-corrected chi connectivity index (χ0v) is 12.1. The second-order valence-electron chi connectivity index (χ2n) is 3.84. The van der Waals surface area contributed by atoms with Crippen molar-refractivity contribution in [3.05, 3.63) is 30.3 Å². The molecule has 0 bridgehead atoms. The van der Waals surface area contributed by atoms with Crippen molar-refractivity contribution in [1.82, 2.24) is 0 Å². The largest absolute Gasteiger partial charge is 0.370 e. The number of halogens is 1. The Kier molecular flexibility index (Phi) is 4.91. The van der Waals surface area contributed by atoms with Gasteiger partial charge in [0.15, 0.2) is 5.96 Å². The average molecular weight is 349 g/mol. The van der Waals surface area contributed by atoms with Crippen LogP contribution < -0.4 is 11.5 Å². The van der Waals surface area contributed by atoms with E-state index >= 15 is 0 Å². The maximum atomic E-state index is 5.34. The smallest absolute Gasteiger partial charge is 0.185 e. The minimum absolute atomic E-state index is 0. The van der Waals surface area contributed by atoms with Gasteiger partial charge in [0.25, 0.3) is 0 Å². The van der Waals surface area contributed by atoms with E-state index in [4.69, 9.17) is 11.5 Å². The van der Waals surface area contributed by atoms with Crippen molar-refractivity contribution in [3.63, 3.8) is 0 Å². The topological polar surface area (TPSA) is 64.4 Å². The number of benzene rings is 1. The van der Waals surface area contributed by atoms with Gasteiger partial charge >= 0.3 is 0 Å². The molecule has 0 heterocycles. The highest BCUT2D eigenvalue weighted by molar-refractivity contribution is 14.0. The summed E-state index contributed by atoms with van der Waals surface area (Å²) < 4.78 is 0.255. The van der Waals surface area contributed by atoms with Crippen molar-refractivity contribution in [2.45, 2.75) is 22.5 Å². The van der Waals surface area contributed by atoms with Crippen LogP contribution in [0, 0.1) is 0 Å². The van der Waals surface area contributed by atoms with Gasteiger partial charge in [0.1, 0.15) is 0 Å². The van der Waals surface area contributed by atoms with Gasteiger partial charge in [0, 0.05) is 9.64 Å². The molecule has 0 radical (unpaired) electrons. The minimum Gasteiger partial charge on any atom is -0.370 e. The monoisotopic (exact) mass is 349 g/mol. The Morgan fingerprint density at radius 3 is 2.38 bits per heavy atom. The highest BCUT2D eigenvalue weighted by Gasteiger charge is 2.43. The number of hydrogen-bond donors (Lipinski definition) is 2. The lowest BCUT2D eigenvalue weighted by atomic mass is 10.4. The molecule has 0 atom stereocenters. The van der Waals surface area contributed by atoms with E-state index in [1.54, 1.807) is 0 Å². The molecule has 0 spiro atoms. The molecule has 1 fully saturated rings. The van der Waals surface area contributed by atoms with Gasteiger partial charge in [-0.15, -0.1) is 35.7 Å². The number of thioether (sulfide) groups is 1. The lowest BCUT2D eigenvalue weighted by molar-refractivity contribution is 0.896. The zero-order valence-electron chi connectivity index (χ0n) is 8.93. The summed E-state index contributed by atoms with van der Waals surface area (Å²) in [6.07, 6.45) is 2.40. The molecule has 1 aliphatic carbocycles. The summed E-state index contributed by atoms with van der Waals surface area (Å²) in [6, 6.07) is 10.4. The third kappa shape index (κ3) is 3.86. The molecular weight excluding hydrogens is 333 g/mol. The molecule has 16 heavy (non-hydrogen) atoms. The molecule has 1 saturated carbocycles. The summed E-state index contributed by atoms with van der Waals surface area (Å²) in [6.45, 7) is 0.731. The number of rotatable bonds is 4. The van der Waals surface area contributed by atoms with Crippen LogP contribution in [0.5, 0.6) is 0 Å². The first kappa shape index (κ1) is 13.6. The van der Waals surface area contributed by atoms with Crippen LogP contribution in [0.1, 0.15) is 12.8 Å². The molecule has 0 amide bonds. The van der Waals surface area contributed by atoms with Crippen molar-refractivity contribution < 1.29 is 0 Å². The molecule has 88 valence electrons. The van der Waals surface area contributed by atoms with Crippen LogP contribution >= 0.6 is 35.7 Å². The molecule has 1 aromatic rings. The highest BCUT2D eigenvalue weighted by atomic mass is 127. The second-order valence-corrected chi connectivity index (χ2v) is 5.38. The first-order chi connectivity index (χ1) is 7.20. The summed E-state index contributed by atoms with van der Waals surface area (Å²) >= 11 is 1.88. The van der Waals surface area contributed by atoms with Gasteiger partial charge in [-0.1, -0.05) is 18.2 Å². The first-order valence-corrected chi connectivity index (χ1v) is 5.81. The summed E-state index contributed by atoms with van der Waals surface area (Å²) in [5, 5.41) is 0. The van der Waals surface area contributed by atoms with E-state index in [2.05, 4.69) is 29.3 Å². The van der Waals surface area contributed by atoms with Gasteiger partial charge in [-0.2, -0.15) is 0 Å². The van der Waals surface area contributed by atoms with Crippen molar-refractivity contribution in [2.24, 2.45) is 16.5 Å². The Morgan fingerprint density at radius 1 is 1.25 bits per heavy atom. The number of nitrogens with two attached hydrogens (primary N) is 2. The molecule has 0 saturated heterocycles. The van der Waals surface area contributed by atoms with Gasteiger partial charge < -0.3 is 11.5 Å². The predicted octanol–water partition coefficient (Wildman–Crippen LogP) is 2.20. The van der Waals surface area contributed by atoms with Gasteiger partial charge in [-0.05, 0) is 25.0 Å². The van der Waals surface area contributed by atoms with E-state index in [9.17, 15) is 0 Å². The quantitative estimate of drug-likeness (QED) is 0.498. The van der Waals surface area contributed by atoms with Crippen molar-refractivity contribution in [3.8, 4) is 0 Å². The third-order valence-corrected chi connectivity index (χ3v) is 3.91. The SMILES string of the molecule is I.NC(N)=NCC1(Sc2ccccc2)CC1. The first-order valence-electron chi connectivity index (χ1n) is 5.00. The van der Waals surface area contributed by atoms with Crippen LogP contribution in [0.3, 0.4) is 0 Å². The summed E-state index contributed by atoms with van der Waals surface area (Å²) in [7, 11) is 0. The fraction of sp³-hybridized carbons (Fsp3) is 0.364. The average Bonchev–Trinajstić information content (AvgIpc) is 2.97. The maximum absolute atomic E-state index is 5.34. The molecule has 1 aliphatic rings. The van der Waals surface area contributed by atoms with E-state index in [1.165, 1.54) is 17.7 Å². The Hall–Kier alpha value is -0.430. The van der Waals surface area contributed by atoms with Crippen molar-refractivity contribution in [2.75, 3.05) is 6.54 Å². The third-order valence-electron chi connectivity index (χ3n) is 2.44. The summed E-state index contributed by atoms with van der Waals surface area (Å²) in [5.74, 6) is 0.190. The predicted molar refractivity (Wildman–Crippen MR) is 80.4 cm³/mol. The lowest BCUT2D eigenvalue weighted by Crippen LogP contribution is -2.24. The fourth-order valence-corrected chi connectivity index (χ4v) is 2.63. The van der Waals surface area contributed by atoms with Crippen LogP contribution in [0.25, 0.3) is 0 Å². The molecule has 0 unspecified atom stereocenters. The Labute approximate surface area is 117 Å². The molecule has 2 rings (SSSR count). The van der Waals surface area contributed by atoms with Crippen molar-refractivity contribution >= 4 is 41.7 Å². The van der Waals surface area contributed by atoms with Gasteiger partial charge in [-0.3, -0.25) is 4.99 Å². The zero-order chi connectivity index (χ0) is 10.7. The molecular formula is C11H16IN3S. The van der Waals surface area contributed by atoms with Gasteiger partial charge in [-0.25, -0.2) is 0 Å². The van der Waals surface area contributed by atoms with E-state index in [0.29, 0.717) is 0 Å². The van der Waals surface area contributed by atoms with Crippen LogP contribution in [-0.4, -0.2) is 17.3 Å². The van der Waals surface area contributed by atoms with Crippen LogP contribution in [-0.2, 0) is 0 Å². The normalized spacial score (nSPS) is 16.0. The number of aliphatic imine (C=N–C) groups is 1. The lowest BCUT2D eigenvalue weighted by Gasteiger charge is -2.11. The highest BCUT2D eigenvalue weighted by Crippen LogP contribution is 2.51. The van der Waals surface area contributed by atoms with E-state index < -0.39 is 0 Å². The van der Waals surface area contributed by atoms with Crippen LogP contribution in [0.2, 0.25) is 0 Å². The number of guanidine groups is 1. The maximum Gasteiger partial charge on any atom is 0.185 e. The Bertz CT molecular complexity index is 359. The molecule has 4 N–H and O–H groups in total. The molecule has 0 aromatic heterocycles. The molecule has 0 aliphatic heterocycles. The van der Waals surface area contributed by atoms with E-state index in [-0.39, 0.29) is 34.7 Å². The summed E-state index contributed by atoms with van der Waals surface area (Å²) in [5.41, 5.74) is 10.7. The molecule has 3 nitrogen and oxygen atoms in total. The summed E-state index contributed by atoms with van der Waals surface area (Å²) in [4.78, 5) is 5.40. The van der Waals surface area contributed by atoms with E-state index in [0.717, 1.165) is 6.54 Å².